The lowest BCUT2D eigenvalue weighted by atomic mass is 9.80. The highest BCUT2D eigenvalue weighted by molar-refractivity contribution is 5.04. The van der Waals surface area contributed by atoms with Crippen molar-refractivity contribution in [2.45, 2.75) is 131 Å². The van der Waals surface area contributed by atoms with Crippen molar-refractivity contribution >= 4 is 0 Å². The molecule has 0 aromatic heterocycles. The van der Waals surface area contributed by atoms with E-state index in [1.165, 1.54) is 89.9 Å². The van der Waals surface area contributed by atoms with Crippen LogP contribution in [0.3, 0.4) is 0 Å². The van der Waals surface area contributed by atoms with Crippen LogP contribution in [0.15, 0.2) is 11.6 Å². The maximum absolute atomic E-state index is 5.74. The van der Waals surface area contributed by atoms with Gasteiger partial charge in [0.25, 0.3) is 0 Å². The molecule has 1 unspecified atom stereocenters. The van der Waals surface area contributed by atoms with Crippen LogP contribution in [0, 0.1) is 17.3 Å². The highest BCUT2D eigenvalue weighted by Gasteiger charge is 2.18. The summed E-state index contributed by atoms with van der Waals surface area (Å²) in [4.78, 5) is 0. The molecule has 2 atom stereocenters. The molecule has 0 aliphatic carbocycles. The summed E-state index contributed by atoms with van der Waals surface area (Å²) in [6.07, 6.45) is 21.6. The van der Waals surface area contributed by atoms with E-state index in [0.29, 0.717) is 5.41 Å². The molecule has 0 aliphatic rings. The maximum Gasteiger partial charge on any atom is -0.00772 e. The predicted octanol–water partition coefficient (Wildman–Crippen LogP) is 8.67. The molecule has 0 fully saturated rings. The Morgan fingerprint density at radius 1 is 0.815 bits per heavy atom. The predicted molar refractivity (Wildman–Crippen MR) is 125 cm³/mol. The Morgan fingerprint density at radius 2 is 1.41 bits per heavy atom. The van der Waals surface area contributed by atoms with Crippen molar-refractivity contribution in [3.63, 3.8) is 0 Å². The smallest absolute Gasteiger partial charge is 0.00772 e. The van der Waals surface area contributed by atoms with Crippen molar-refractivity contribution in [2.24, 2.45) is 23.0 Å². The lowest BCUT2D eigenvalue weighted by Crippen LogP contribution is -2.16. The molecule has 0 heterocycles. The Hall–Kier alpha value is -0.300. The summed E-state index contributed by atoms with van der Waals surface area (Å²) in [5.41, 5.74) is 7.70. The zero-order valence-corrected chi connectivity index (χ0v) is 19.9. The molecule has 0 spiro atoms. The van der Waals surface area contributed by atoms with Gasteiger partial charge in [-0.2, -0.15) is 0 Å². The number of hydrogen-bond donors (Lipinski definition) is 1. The zero-order valence-electron chi connectivity index (χ0n) is 19.9. The van der Waals surface area contributed by atoms with Crippen LogP contribution in [0.5, 0.6) is 0 Å². The van der Waals surface area contributed by atoms with E-state index in [2.05, 4.69) is 47.6 Å². The third kappa shape index (κ3) is 14.4. The van der Waals surface area contributed by atoms with Crippen LogP contribution in [0.4, 0.5) is 0 Å². The molecule has 0 rings (SSSR count). The molecule has 0 saturated carbocycles. The molecule has 0 radical (unpaired) electrons. The fraction of sp³-hybridized carbons (Fsp3) is 0.923. The van der Waals surface area contributed by atoms with Gasteiger partial charge in [0.2, 0.25) is 0 Å². The molecular weight excluding hydrogens is 326 g/mol. The van der Waals surface area contributed by atoms with E-state index in [1.807, 2.05) is 0 Å². The molecule has 162 valence electrons. The first kappa shape index (κ1) is 26.7. The summed E-state index contributed by atoms with van der Waals surface area (Å²) in [5, 5.41) is 0. The third-order valence-corrected chi connectivity index (χ3v) is 6.57. The van der Waals surface area contributed by atoms with Gasteiger partial charge in [-0.15, -0.1) is 0 Å². The van der Waals surface area contributed by atoms with Crippen LogP contribution < -0.4 is 5.73 Å². The van der Waals surface area contributed by atoms with E-state index in [4.69, 9.17) is 5.73 Å². The average Bonchev–Trinajstić information content (AvgIpc) is 2.63. The van der Waals surface area contributed by atoms with E-state index >= 15 is 0 Å². The second kappa shape index (κ2) is 16.6. The van der Waals surface area contributed by atoms with Gasteiger partial charge in [-0.1, -0.05) is 104 Å². The van der Waals surface area contributed by atoms with E-state index in [-0.39, 0.29) is 0 Å². The molecule has 0 bridgehead atoms. The highest BCUT2D eigenvalue weighted by atomic mass is 14.5. The Balaban J connectivity index is 3.90. The SMILES string of the molecule is CCCC(CCCCCCCC/C(C)=C\C(C)(C)CC)[C@H](CC)CCCN. The second-order valence-corrected chi connectivity index (χ2v) is 9.64. The van der Waals surface area contributed by atoms with E-state index in [0.717, 1.165) is 18.4 Å². The number of allylic oxidation sites excluding steroid dienone is 2. The minimum Gasteiger partial charge on any atom is -0.330 e. The summed E-state index contributed by atoms with van der Waals surface area (Å²) >= 11 is 0. The van der Waals surface area contributed by atoms with Crippen LogP contribution >= 0.6 is 0 Å². The van der Waals surface area contributed by atoms with E-state index in [9.17, 15) is 0 Å². The first-order valence-corrected chi connectivity index (χ1v) is 12.3. The molecule has 0 saturated heterocycles. The first-order valence-electron chi connectivity index (χ1n) is 12.3. The molecule has 0 aromatic carbocycles. The monoisotopic (exact) mass is 379 g/mol. The minimum atomic E-state index is 0.375. The van der Waals surface area contributed by atoms with Crippen LogP contribution in [-0.4, -0.2) is 6.54 Å². The Labute approximate surface area is 173 Å². The Kier molecular flexibility index (Phi) is 16.5. The van der Waals surface area contributed by atoms with Crippen molar-refractivity contribution in [1.29, 1.82) is 0 Å². The van der Waals surface area contributed by atoms with Gasteiger partial charge in [0.05, 0.1) is 0 Å². The van der Waals surface area contributed by atoms with Crippen molar-refractivity contribution in [2.75, 3.05) is 6.54 Å². The van der Waals surface area contributed by atoms with Crippen molar-refractivity contribution in [1.82, 2.24) is 0 Å². The summed E-state index contributed by atoms with van der Waals surface area (Å²) in [5.74, 6) is 1.86. The van der Waals surface area contributed by atoms with Crippen LogP contribution in [0.1, 0.15) is 131 Å². The van der Waals surface area contributed by atoms with Crippen molar-refractivity contribution < 1.29 is 0 Å². The number of nitrogens with two attached hydrogens (primary N) is 1. The largest absolute Gasteiger partial charge is 0.330 e. The van der Waals surface area contributed by atoms with Gasteiger partial charge in [-0.3, -0.25) is 0 Å². The summed E-state index contributed by atoms with van der Waals surface area (Å²) in [6.45, 7) is 14.9. The Morgan fingerprint density at radius 3 is 1.96 bits per heavy atom. The fourth-order valence-corrected chi connectivity index (χ4v) is 4.50. The summed E-state index contributed by atoms with van der Waals surface area (Å²) in [6, 6.07) is 0. The maximum atomic E-state index is 5.74. The van der Waals surface area contributed by atoms with Gasteiger partial charge < -0.3 is 5.73 Å². The molecule has 1 nitrogen and oxygen atoms in total. The van der Waals surface area contributed by atoms with Gasteiger partial charge in [0.1, 0.15) is 0 Å². The van der Waals surface area contributed by atoms with Crippen LogP contribution in [-0.2, 0) is 0 Å². The second-order valence-electron chi connectivity index (χ2n) is 9.64. The van der Waals surface area contributed by atoms with Gasteiger partial charge in [0.15, 0.2) is 0 Å². The van der Waals surface area contributed by atoms with Gasteiger partial charge in [-0.05, 0) is 62.8 Å². The van der Waals surface area contributed by atoms with Gasteiger partial charge in [-0.25, -0.2) is 0 Å². The van der Waals surface area contributed by atoms with E-state index in [1.54, 1.807) is 5.57 Å². The number of hydrogen-bond acceptors (Lipinski definition) is 1. The van der Waals surface area contributed by atoms with Gasteiger partial charge in [0, 0.05) is 0 Å². The lowest BCUT2D eigenvalue weighted by Gasteiger charge is -2.26. The molecule has 0 aliphatic heterocycles. The Bertz CT molecular complexity index is 355. The molecular formula is C26H53N. The molecule has 0 aromatic rings. The summed E-state index contributed by atoms with van der Waals surface area (Å²) in [7, 11) is 0. The first-order chi connectivity index (χ1) is 12.9. The fourth-order valence-electron chi connectivity index (χ4n) is 4.50. The summed E-state index contributed by atoms with van der Waals surface area (Å²) < 4.78 is 0. The third-order valence-electron chi connectivity index (χ3n) is 6.57. The number of rotatable bonds is 18. The molecule has 0 amide bonds. The van der Waals surface area contributed by atoms with Crippen molar-refractivity contribution in [3.8, 4) is 0 Å². The van der Waals surface area contributed by atoms with Crippen LogP contribution in [0.25, 0.3) is 0 Å². The van der Waals surface area contributed by atoms with Crippen molar-refractivity contribution in [3.05, 3.63) is 11.6 Å². The lowest BCUT2D eigenvalue weighted by molar-refractivity contribution is 0.257. The van der Waals surface area contributed by atoms with Gasteiger partial charge >= 0.3 is 0 Å². The van der Waals surface area contributed by atoms with E-state index < -0.39 is 0 Å². The average molecular weight is 380 g/mol. The quantitative estimate of drug-likeness (QED) is 0.187. The van der Waals surface area contributed by atoms with Crippen LogP contribution in [0.2, 0.25) is 0 Å². The molecule has 27 heavy (non-hydrogen) atoms. The highest BCUT2D eigenvalue weighted by Crippen LogP contribution is 2.30. The molecule has 1 heteroatoms. The topological polar surface area (TPSA) is 26.0 Å². The zero-order chi connectivity index (χ0) is 20.5. The minimum absolute atomic E-state index is 0.375. The number of unbranched alkanes of at least 4 members (excludes halogenated alkanes) is 5. The normalized spacial score (nSPS) is 15.1. The standard InChI is InChI=1S/C26H53N/c1-7-17-25(24(8-2)20-16-21-27)19-15-13-11-10-12-14-18-23(4)22-26(5,6)9-3/h22,24-25H,7-21,27H2,1-6H3/b23-22-/t24-,25?/m1/s1. The molecule has 2 N–H and O–H groups in total.